The standard InChI is InChI=1S/C16H18N4O2S/c1-3-11(13-6-5-9-23-13)18-16(21)12-10-20-14(17-12)7-8-15(19-20)22-4-2/h5-11H,3-4H2,1-2H3,(H,18,21)/t11-/m1/s1. The Hall–Kier alpha value is -2.41. The van der Waals surface area contributed by atoms with Gasteiger partial charge in [-0.1, -0.05) is 13.0 Å². The molecule has 0 aliphatic carbocycles. The zero-order chi connectivity index (χ0) is 16.2. The van der Waals surface area contributed by atoms with Gasteiger partial charge in [0.05, 0.1) is 18.8 Å². The second kappa shape index (κ2) is 6.78. The first kappa shape index (κ1) is 15.5. The third-order valence-electron chi connectivity index (χ3n) is 3.42. The molecule has 0 spiro atoms. The minimum atomic E-state index is -0.200. The van der Waals surface area contributed by atoms with Crippen LogP contribution in [0, 0.1) is 0 Å². The highest BCUT2D eigenvalue weighted by molar-refractivity contribution is 7.10. The molecule has 1 amide bonds. The highest BCUT2D eigenvalue weighted by Gasteiger charge is 2.17. The van der Waals surface area contributed by atoms with E-state index >= 15 is 0 Å². The summed E-state index contributed by atoms with van der Waals surface area (Å²) in [4.78, 5) is 17.9. The number of rotatable bonds is 6. The van der Waals surface area contributed by atoms with Crippen molar-refractivity contribution in [2.45, 2.75) is 26.3 Å². The Labute approximate surface area is 138 Å². The Morgan fingerprint density at radius 2 is 2.26 bits per heavy atom. The van der Waals surface area contributed by atoms with E-state index in [0.29, 0.717) is 23.8 Å². The summed E-state index contributed by atoms with van der Waals surface area (Å²) >= 11 is 1.64. The summed E-state index contributed by atoms with van der Waals surface area (Å²) in [6.07, 6.45) is 2.45. The smallest absolute Gasteiger partial charge is 0.272 e. The lowest BCUT2D eigenvalue weighted by Gasteiger charge is -2.14. The van der Waals surface area contributed by atoms with E-state index in [9.17, 15) is 4.79 Å². The van der Waals surface area contributed by atoms with Gasteiger partial charge in [0.1, 0.15) is 5.69 Å². The number of nitrogens with one attached hydrogen (secondary N) is 1. The number of hydrogen-bond donors (Lipinski definition) is 1. The minimum Gasteiger partial charge on any atom is -0.477 e. The number of imidazole rings is 1. The first-order valence-electron chi connectivity index (χ1n) is 7.54. The molecule has 120 valence electrons. The van der Waals surface area contributed by atoms with Crippen molar-refractivity contribution in [3.63, 3.8) is 0 Å². The number of ether oxygens (including phenoxy) is 1. The Kier molecular flexibility index (Phi) is 4.57. The predicted molar refractivity (Wildman–Crippen MR) is 89.0 cm³/mol. The molecule has 1 N–H and O–H groups in total. The van der Waals surface area contributed by atoms with Crippen molar-refractivity contribution in [2.75, 3.05) is 6.61 Å². The van der Waals surface area contributed by atoms with E-state index in [1.54, 1.807) is 34.2 Å². The molecule has 0 saturated carbocycles. The van der Waals surface area contributed by atoms with E-state index in [1.165, 1.54) is 0 Å². The fourth-order valence-corrected chi connectivity index (χ4v) is 3.16. The fourth-order valence-electron chi connectivity index (χ4n) is 2.29. The Morgan fingerprint density at radius 3 is 2.96 bits per heavy atom. The molecule has 23 heavy (non-hydrogen) atoms. The maximum Gasteiger partial charge on any atom is 0.272 e. The van der Waals surface area contributed by atoms with Crippen molar-refractivity contribution in [3.8, 4) is 5.88 Å². The van der Waals surface area contributed by atoms with E-state index in [1.807, 2.05) is 31.4 Å². The van der Waals surface area contributed by atoms with Crippen LogP contribution in [0.3, 0.4) is 0 Å². The SMILES string of the molecule is CCOc1ccc2nc(C(=O)N[C@H](CC)c3cccs3)cn2n1. The molecule has 0 radical (unpaired) electrons. The number of nitrogens with zero attached hydrogens (tertiary/aromatic N) is 3. The number of carbonyl (C=O) groups excluding carboxylic acids is 1. The van der Waals surface area contributed by atoms with E-state index in [-0.39, 0.29) is 11.9 Å². The molecule has 0 saturated heterocycles. The van der Waals surface area contributed by atoms with Crippen molar-refractivity contribution >= 4 is 22.9 Å². The van der Waals surface area contributed by atoms with Crippen LogP contribution in [0.15, 0.2) is 35.8 Å². The van der Waals surface area contributed by atoms with Gasteiger partial charge in [-0.15, -0.1) is 16.4 Å². The third-order valence-corrected chi connectivity index (χ3v) is 4.41. The zero-order valence-corrected chi connectivity index (χ0v) is 13.8. The van der Waals surface area contributed by atoms with Gasteiger partial charge in [-0.3, -0.25) is 4.79 Å². The highest BCUT2D eigenvalue weighted by atomic mass is 32.1. The van der Waals surface area contributed by atoms with Crippen LogP contribution in [0.1, 0.15) is 41.7 Å². The minimum absolute atomic E-state index is 0.000688. The molecule has 0 bridgehead atoms. The predicted octanol–water partition coefficient (Wildman–Crippen LogP) is 3.07. The molecule has 7 heteroatoms. The molecule has 0 aliphatic rings. The average Bonchev–Trinajstić information content (AvgIpc) is 3.21. The summed E-state index contributed by atoms with van der Waals surface area (Å²) in [6.45, 7) is 4.48. The molecule has 6 nitrogen and oxygen atoms in total. The first-order chi connectivity index (χ1) is 11.2. The van der Waals surface area contributed by atoms with Gasteiger partial charge in [-0.25, -0.2) is 9.50 Å². The second-order valence-electron chi connectivity index (χ2n) is 4.98. The van der Waals surface area contributed by atoms with Gasteiger partial charge < -0.3 is 10.1 Å². The zero-order valence-electron chi connectivity index (χ0n) is 13.0. The molecule has 0 unspecified atom stereocenters. The van der Waals surface area contributed by atoms with Crippen LogP contribution >= 0.6 is 11.3 Å². The summed E-state index contributed by atoms with van der Waals surface area (Å²) in [7, 11) is 0. The largest absolute Gasteiger partial charge is 0.477 e. The average molecular weight is 330 g/mol. The number of fused-ring (bicyclic) bond motifs is 1. The molecule has 3 aromatic heterocycles. The van der Waals surface area contributed by atoms with E-state index in [0.717, 1.165) is 11.3 Å². The maximum absolute atomic E-state index is 12.4. The Balaban J connectivity index is 1.80. The van der Waals surface area contributed by atoms with Crippen LogP contribution < -0.4 is 10.1 Å². The number of aromatic nitrogens is 3. The summed E-state index contributed by atoms with van der Waals surface area (Å²) in [6, 6.07) is 7.54. The molecule has 3 heterocycles. The quantitative estimate of drug-likeness (QED) is 0.754. The van der Waals surface area contributed by atoms with E-state index < -0.39 is 0 Å². The van der Waals surface area contributed by atoms with Crippen LogP contribution in [0.2, 0.25) is 0 Å². The molecule has 1 atom stereocenters. The molecular formula is C16H18N4O2S. The van der Waals surface area contributed by atoms with Gasteiger partial charge in [0.25, 0.3) is 5.91 Å². The van der Waals surface area contributed by atoms with E-state index in [4.69, 9.17) is 4.74 Å². The fraction of sp³-hybridized carbons (Fsp3) is 0.312. The normalized spacial score (nSPS) is 12.3. The van der Waals surface area contributed by atoms with Gasteiger partial charge >= 0.3 is 0 Å². The van der Waals surface area contributed by atoms with Crippen molar-refractivity contribution in [2.24, 2.45) is 0 Å². The van der Waals surface area contributed by atoms with Gasteiger partial charge in [-0.2, -0.15) is 0 Å². The lowest BCUT2D eigenvalue weighted by Crippen LogP contribution is -2.27. The summed E-state index contributed by atoms with van der Waals surface area (Å²) in [5.74, 6) is 0.308. The molecular weight excluding hydrogens is 312 g/mol. The highest BCUT2D eigenvalue weighted by Crippen LogP contribution is 2.22. The molecule has 0 fully saturated rings. The van der Waals surface area contributed by atoms with Gasteiger partial charge in [0, 0.05) is 10.9 Å². The third kappa shape index (κ3) is 3.34. The second-order valence-corrected chi connectivity index (χ2v) is 5.96. The topological polar surface area (TPSA) is 68.5 Å². The Morgan fingerprint density at radius 1 is 1.39 bits per heavy atom. The number of carbonyl (C=O) groups is 1. The van der Waals surface area contributed by atoms with Crippen LogP contribution in [0.25, 0.3) is 5.65 Å². The molecule has 3 aromatic rings. The lowest BCUT2D eigenvalue weighted by atomic mass is 10.2. The van der Waals surface area contributed by atoms with E-state index in [2.05, 4.69) is 15.4 Å². The first-order valence-corrected chi connectivity index (χ1v) is 8.42. The number of hydrogen-bond acceptors (Lipinski definition) is 5. The number of amides is 1. The van der Waals surface area contributed by atoms with Crippen molar-refractivity contribution in [3.05, 3.63) is 46.4 Å². The van der Waals surface area contributed by atoms with Crippen LogP contribution in [-0.4, -0.2) is 27.1 Å². The van der Waals surface area contributed by atoms with Crippen molar-refractivity contribution in [1.29, 1.82) is 0 Å². The van der Waals surface area contributed by atoms with Crippen LogP contribution in [-0.2, 0) is 0 Å². The molecule has 0 aliphatic heterocycles. The monoisotopic (exact) mass is 330 g/mol. The van der Waals surface area contributed by atoms with Gasteiger partial charge in [0.15, 0.2) is 5.65 Å². The summed E-state index contributed by atoms with van der Waals surface area (Å²) in [5, 5.41) is 9.30. The van der Waals surface area contributed by atoms with Crippen molar-refractivity contribution in [1.82, 2.24) is 19.9 Å². The Bertz CT molecular complexity index is 798. The van der Waals surface area contributed by atoms with Crippen molar-refractivity contribution < 1.29 is 9.53 Å². The molecule has 0 aromatic carbocycles. The number of thiophene rings is 1. The maximum atomic E-state index is 12.4. The summed E-state index contributed by atoms with van der Waals surface area (Å²) < 4.78 is 6.92. The lowest BCUT2D eigenvalue weighted by molar-refractivity contribution is 0.0931. The van der Waals surface area contributed by atoms with Crippen LogP contribution in [0.5, 0.6) is 5.88 Å². The summed E-state index contributed by atoms with van der Waals surface area (Å²) in [5.41, 5.74) is 0.962. The van der Waals surface area contributed by atoms with Gasteiger partial charge in [-0.05, 0) is 30.9 Å². The molecule has 3 rings (SSSR count). The van der Waals surface area contributed by atoms with Crippen LogP contribution in [0.4, 0.5) is 0 Å². The van der Waals surface area contributed by atoms with Gasteiger partial charge in [0.2, 0.25) is 5.88 Å².